The Balaban J connectivity index is 1.83. The summed E-state index contributed by atoms with van der Waals surface area (Å²) in [6.45, 7) is 0.642. The van der Waals surface area contributed by atoms with Crippen molar-refractivity contribution in [2.45, 2.75) is 31.8 Å². The van der Waals surface area contributed by atoms with Crippen molar-refractivity contribution in [2.24, 2.45) is 5.92 Å². The van der Waals surface area contributed by atoms with E-state index in [9.17, 15) is 9.50 Å². The van der Waals surface area contributed by atoms with Gasteiger partial charge in [0.25, 0.3) is 0 Å². The molecular weight excluding hydrogens is 269 g/mol. The molecule has 0 saturated heterocycles. The summed E-state index contributed by atoms with van der Waals surface area (Å²) in [6, 6.07) is 4.96. The van der Waals surface area contributed by atoms with Crippen molar-refractivity contribution >= 4 is 22.3 Å². The highest BCUT2D eigenvalue weighted by molar-refractivity contribution is 5.98. The molecule has 1 heterocycles. The van der Waals surface area contributed by atoms with E-state index >= 15 is 0 Å². The summed E-state index contributed by atoms with van der Waals surface area (Å²) in [5.74, 6) is -0.0143. The molecule has 0 bridgehead atoms. The number of pyridine rings is 1. The van der Waals surface area contributed by atoms with Crippen LogP contribution in [-0.4, -0.2) is 22.7 Å². The Kier molecular flexibility index (Phi) is 3.92. The number of benzene rings is 1. The maximum Gasteiger partial charge on any atom is 0.150 e. The molecule has 4 N–H and O–H groups in total. The SMILES string of the molecule is Nc1cc(F)c(NCC2CCCC(O)C2)c2ncccc12. The van der Waals surface area contributed by atoms with E-state index in [1.807, 2.05) is 6.07 Å². The normalized spacial score (nSPS) is 22.4. The summed E-state index contributed by atoms with van der Waals surface area (Å²) in [7, 11) is 0. The molecule has 1 saturated carbocycles. The summed E-state index contributed by atoms with van der Waals surface area (Å²) < 4.78 is 14.2. The van der Waals surface area contributed by atoms with E-state index < -0.39 is 0 Å². The van der Waals surface area contributed by atoms with E-state index in [-0.39, 0.29) is 11.9 Å². The second kappa shape index (κ2) is 5.85. The Morgan fingerprint density at radius 1 is 1.43 bits per heavy atom. The first-order valence-electron chi connectivity index (χ1n) is 7.40. The smallest absolute Gasteiger partial charge is 0.150 e. The van der Waals surface area contributed by atoms with Gasteiger partial charge in [0.2, 0.25) is 0 Å². The molecule has 0 radical (unpaired) electrons. The van der Waals surface area contributed by atoms with Crippen LogP contribution in [0.15, 0.2) is 24.4 Å². The number of halogens is 1. The fourth-order valence-electron chi connectivity index (χ4n) is 3.10. The summed E-state index contributed by atoms with van der Waals surface area (Å²) in [5, 5.41) is 13.6. The van der Waals surface area contributed by atoms with E-state index in [1.54, 1.807) is 12.3 Å². The number of anilines is 2. The molecule has 4 nitrogen and oxygen atoms in total. The molecular formula is C16H20FN3O. The Morgan fingerprint density at radius 2 is 2.29 bits per heavy atom. The topological polar surface area (TPSA) is 71.2 Å². The number of nitrogen functional groups attached to an aromatic ring is 1. The third kappa shape index (κ3) is 2.93. The zero-order valence-electron chi connectivity index (χ0n) is 11.8. The third-order valence-electron chi connectivity index (χ3n) is 4.20. The lowest BCUT2D eigenvalue weighted by Gasteiger charge is -2.26. The number of fused-ring (bicyclic) bond motifs is 1. The molecule has 112 valence electrons. The first-order chi connectivity index (χ1) is 10.1. The molecule has 1 aromatic carbocycles. The van der Waals surface area contributed by atoms with Crippen LogP contribution in [0, 0.1) is 11.7 Å². The van der Waals surface area contributed by atoms with Gasteiger partial charge in [-0.2, -0.15) is 0 Å². The van der Waals surface area contributed by atoms with E-state index in [0.717, 1.165) is 31.1 Å². The second-order valence-corrected chi connectivity index (χ2v) is 5.79. The largest absolute Gasteiger partial charge is 0.398 e. The predicted octanol–water partition coefficient (Wildman–Crippen LogP) is 2.92. The number of hydrogen-bond acceptors (Lipinski definition) is 4. The Bertz CT molecular complexity index is 647. The van der Waals surface area contributed by atoms with Gasteiger partial charge >= 0.3 is 0 Å². The molecule has 1 aliphatic rings. The van der Waals surface area contributed by atoms with Gasteiger partial charge in [-0.1, -0.05) is 6.42 Å². The summed E-state index contributed by atoms with van der Waals surface area (Å²) in [6.07, 6.45) is 5.14. The molecule has 2 aromatic rings. The summed E-state index contributed by atoms with van der Waals surface area (Å²) in [5.41, 5.74) is 7.20. The van der Waals surface area contributed by atoms with E-state index in [4.69, 9.17) is 5.73 Å². The van der Waals surface area contributed by atoms with Crippen molar-refractivity contribution < 1.29 is 9.50 Å². The maximum absolute atomic E-state index is 14.2. The van der Waals surface area contributed by atoms with Crippen molar-refractivity contribution in [3.8, 4) is 0 Å². The highest BCUT2D eigenvalue weighted by atomic mass is 19.1. The second-order valence-electron chi connectivity index (χ2n) is 5.79. The van der Waals surface area contributed by atoms with Crippen molar-refractivity contribution in [1.29, 1.82) is 0 Å². The van der Waals surface area contributed by atoms with Gasteiger partial charge in [0.05, 0.1) is 17.3 Å². The van der Waals surface area contributed by atoms with Crippen molar-refractivity contribution in [2.75, 3.05) is 17.6 Å². The molecule has 0 aliphatic heterocycles. The van der Waals surface area contributed by atoms with Crippen LogP contribution in [0.5, 0.6) is 0 Å². The predicted molar refractivity (Wildman–Crippen MR) is 82.6 cm³/mol. The monoisotopic (exact) mass is 289 g/mol. The van der Waals surface area contributed by atoms with E-state index in [2.05, 4.69) is 10.3 Å². The van der Waals surface area contributed by atoms with Crippen LogP contribution < -0.4 is 11.1 Å². The summed E-state index contributed by atoms with van der Waals surface area (Å²) >= 11 is 0. The molecule has 0 spiro atoms. The number of hydrogen-bond donors (Lipinski definition) is 3. The number of aromatic nitrogens is 1. The van der Waals surface area contributed by atoms with Crippen LogP contribution in [0.2, 0.25) is 0 Å². The molecule has 2 unspecified atom stereocenters. The van der Waals surface area contributed by atoms with Gasteiger partial charge < -0.3 is 16.2 Å². The zero-order chi connectivity index (χ0) is 14.8. The van der Waals surface area contributed by atoms with Crippen LogP contribution in [0.25, 0.3) is 10.9 Å². The third-order valence-corrected chi connectivity index (χ3v) is 4.20. The average Bonchev–Trinajstić information content (AvgIpc) is 2.47. The molecule has 3 rings (SSSR count). The van der Waals surface area contributed by atoms with Gasteiger partial charge in [-0.15, -0.1) is 0 Å². The minimum atomic E-state index is -0.380. The molecule has 5 heteroatoms. The number of rotatable bonds is 3. The van der Waals surface area contributed by atoms with Crippen LogP contribution in [0.1, 0.15) is 25.7 Å². The average molecular weight is 289 g/mol. The summed E-state index contributed by atoms with van der Waals surface area (Å²) in [4.78, 5) is 4.25. The van der Waals surface area contributed by atoms with E-state index in [1.165, 1.54) is 6.07 Å². The molecule has 1 aromatic heterocycles. The van der Waals surface area contributed by atoms with Crippen molar-refractivity contribution in [1.82, 2.24) is 4.98 Å². The molecule has 0 amide bonds. The van der Waals surface area contributed by atoms with E-state index in [0.29, 0.717) is 29.4 Å². The molecule has 1 fully saturated rings. The fraction of sp³-hybridized carbons (Fsp3) is 0.438. The van der Waals surface area contributed by atoms with Gasteiger partial charge in [-0.05, 0) is 43.4 Å². The Labute approximate surface area is 123 Å². The number of nitrogens with one attached hydrogen (secondary N) is 1. The number of nitrogens with zero attached hydrogens (tertiary/aromatic N) is 1. The van der Waals surface area contributed by atoms with Crippen LogP contribution in [0.3, 0.4) is 0 Å². The highest BCUT2D eigenvalue weighted by Crippen LogP contribution is 2.31. The lowest BCUT2D eigenvalue weighted by Crippen LogP contribution is -2.25. The zero-order valence-corrected chi connectivity index (χ0v) is 11.8. The Hall–Kier alpha value is -1.88. The van der Waals surface area contributed by atoms with Crippen molar-refractivity contribution in [3.63, 3.8) is 0 Å². The Morgan fingerprint density at radius 3 is 3.10 bits per heavy atom. The number of aliphatic hydroxyl groups excluding tert-OH is 1. The van der Waals surface area contributed by atoms with Crippen LogP contribution in [0.4, 0.5) is 15.8 Å². The first kappa shape index (κ1) is 14.1. The highest BCUT2D eigenvalue weighted by Gasteiger charge is 2.21. The minimum absolute atomic E-state index is 0.225. The van der Waals surface area contributed by atoms with Gasteiger partial charge in [-0.25, -0.2) is 4.39 Å². The van der Waals surface area contributed by atoms with Gasteiger partial charge in [0, 0.05) is 23.8 Å². The van der Waals surface area contributed by atoms with Gasteiger partial charge in [0.15, 0.2) is 5.82 Å². The lowest BCUT2D eigenvalue weighted by molar-refractivity contribution is 0.105. The molecule has 2 atom stereocenters. The fourth-order valence-corrected chi connectivity index (χ4v) is 3.10. The minimum Gasteiger partial charge on any atom is -0.398 e. The standard InChI is InChI=1S/C16H20FN3O/c17-13-8-14(18)12-5-2-6-19-15(12)16(13)20-9-10-3-1-4-11(21)7-10/h2,5-6,8,10-11,20-21H,1,3-4,7,9,18H2. The van der Waals surface area contributed by atoms with Crippen LogP contribution >= 0.6 is 0 Å². The molecule has 1 aliphatic carbocycles. The number of aliphatic hydroxyl groups is 1. The quantitative estimate of drug-likeness (QED) is 0.760. The first-order valence-corrected chi connectivity index (χ1v) is 7.40. The van der Waals surface area contributed by atoms with Gasteiger partial charge in [0.1, 0.15) is 0 Å². The lowest BCUT2D eigenvalue weighted by atomic mass is 9.87. The van der Waals surface area contributed by atoms with Crippen molar-refractivity contribution in [3.05, 3.63) is 30.2 Å². The number of nitrogens with two attached hydrogens (primary N) is 1. The maximum atomic E-state index is 14.2. The van der Waals surface area contributed by atoms with Gasteiger partial charge in [-0.3, -0.25) is 4.98 Å². The molecule has 21 heavy (non-hydrogen) atoms. The van der Waals surface area contributed by atoms with Crippen LogP contribution in [-0.2, 0) is 0 Å².